The number of aliphatic hydroxyl groups is 1. The van der Waals surface area contributed by atoms with Gasteiger partial charge in [-0.25, -0.2) is 0 Å². The molecule has 0 aromatic carbocycles. The molecular weight excluding hydrogens is 420 g/mol. The molecule has 2 aliphatic rings. The first-order chi connectivity index (χ1) is 14.7. The molecule has 0 saturated heterocycles. The van der Waals surface area contributed by atoms with Crippen LogP contribution in [0.2, 0.25) is 18.1 Å². The van der Waals surface area contributed by atoms with Crippen LogP contribution >= 0.6 is 0 Å². The highest BCUT2D eigenvalue weighted by molar-refractivity contribution is 6.74. The number of hydrogen-bond donors (Lipinski definition) is 1. The fourth-order valence-electron chi connectivity index (χ4n) is 4.95. The lowest BCUT2D eigenvalue weighted by Gasteiger charge is -2.45. The molecule has 5 nitrogen and oxygen atoms in total. The van der Waals surface area contributed by atoms with Crippen molar-refractivity contribution in [3.8, 4) is 0 Å². The number of esters is 1. The number of ketones is 1. The van der Waals surface area contributed by atoms with Crippen molar-refractivity contribution < 1.29 is 23.9 Å². The van der Waals surface area contributed by atoms with Crippen LogP contribution in [0.4, 0.5) is 0 Å². The maximum atomic E-state index is 12.9. The lowest BCUT2D eigenvalue weighted by atomic mass is 9.62. The summed E-state index contributed by atoms with van der Waals surface area (Å²) in [5, 5.41) is 10.8. The van der Waals surface area contributed by atoms with Crippen LogP contribution in [0.5, 0.6) is 0 Å². The second-order valence-corrected chi connectivity index (χ2v) is 16.3. The molecule has 0 unspecified atom stereocenters. The van der Waals surface area contributed by atoms with Crippen molar-refractivity contribution in [1.82, 2.24) is 0 Å². The molecule has 32 heavy (non-hydrogen) atoms. The van der Waals surface area contributed by atoms with Gasteiger partial charge < -0.3 is 14.3 Å². The van der Waals surface area contributed by atoms with Crippen molar-refractivity contribution in [2.45, 2.75) is 90.6 Å². The van der Waals surface area contributed by atoms with Gasteiger partial charge in [0.25, 0.3) is 0 Å². The van der Waals surface area contributed by atoms with Gasteiger partial charge in [0.05, 0.1) is 25.7 Å². The summed E-state index contributed by atoms with van der Waals surface area (Å²) < 4.78 is 11.2. The van der Waals surface area contributed by atoms with E-state index in [1.165, 1.54) is 7.11 Å². The fraction of sp³-hybridized carbons (Fsp3) is 0.769. The van der Waals surface area contributed by atoms with Gasteiger partial charge >= 0.3 is 5.97 Å². The van der Waals surface area contributed by atoms with Crippen LogP contribution < -0.4 is 0 Å². The Morgan fingerprint density at radius 3 is 2.41 bits per heavy atom. The zero-order valence-corrected chi connectivity index (χ0v) is 22.3. The summed E-state index contributed by atoms with van der Waals surface area (Å²) in [6.45, 7) is 15.0. The Labute approximate surface area is 195 Å². The molecule has 2 rings (SSSR count). The van der Waals surface area contributed by atoms with Crippen molar-refractivity contribution in [2.75, 3.05) is 7.11 Å². The minimum atomic E-state index is -2.15. The zero-order valence-electron chi connectivity index (χ0n) is 21.3. The van der Waals surface area contributed by atoms with E-state index < -0.39 is 14.4 Å². The van der Waals surface area contributed by atoms with E-state index in [4.69, 9.17) is 9.16 Å². The number of carbonyl (C=O) groups excluding carboxylic acids is 2. The van der Waals surface area contributed by atoms with Crippen molar-refractivity contribution in [2.24, 2.45) is 29.6 Å². The Morgan fingerprint density at radius 1 is 1.16 bits per heavy atom. The molecule has 1 saturated carbocycles. The number of fused-ring (bicyclic) bond motifs is 1. The number of carbonyl (C=O) groups is 2. The van der Waals surface area contributed by atoms with Gasteiger partial charge in [0.2, 0.25) is 0 Å². The largest absolute Gasteiger partial charge is 0.469 e. The van der Waals surface area contributed by atoms with Crippen molar-refractivity contribution in [3.05, 3.63) is 24.3 Å². The van der Waals surface area contributed by atoms with Crippen LogP contribution in [0.3, 0.4) is 0 Å². The Bertz CT molecular complexity index is 720. The average molecular weight is 465 g/mol. The molecule has 0 heterocycles. The van der Waals surface area contributed by atoms with Crippen LogP contribution in [0, 0.1) is 29.6 Å². The monoisotopic (exact) mass is 464 g/mol. The standard InChI is InChI=1S/C26H44O5Si/c1-17-13-19-10-9-18(2)22(25(19)23(28)14-17)12-11-20(27)15-21(16-24(29)30-6)31-32(7,8)26(3,4)5/h9-12,17-19,21-23,25,28H,13-16H2,1-8H3/b12-11+/t17-,18-,19-,21+,22-,23-,25-/m0/s1. The summed E-state index contributed by atoms with van der Waals surface area (Å²) in [4.78, 5) is 24.9. The molecule has 182 valence electrons. The summed E-state index contributed by atoms with van der Waals surface area (Å²) in [7, 11) is -0.786. The lowest BCUT2D eigenvalue weighted by Crippen LogP contribution is -2.45. The normalized spacial score (nSPS) is 31.9. The van der Waals surface area contributed by atoms with Crippen LogP contribution in [-0.4, -0.2) is 44.5 Å². The molecule has 0 bridgehead atoms. The fourth-order valence-corrected chi connectivity index (χ4v) is 6.30. The van der Waals surface area contributed by atoms with Crippen LogP contribution in [0.15, 0.2) is 24.3 Å². The minimum Gasteiger partial charge on any atom is -0.469 e. The summed E-state index contributed by atoms with van der Waals surface area (Å²) in [6, 6.07) is 0. The van der Waals surface area contributed by atoms with E-state index in [-0.39, 0.29) is 53.5 Å². The number of rotatable bonds is 8. The van der Waals surface area contributed by atoms with E-state index >= 15 is 0 Å². The number of ether oxygens (including phenoxy) is 1. The molecule has 1 fully saturated rings. The Morgan fingerprint density at radius 2 is 1.81 bits per heavy atom. The van der Waals surface area contributed by atoms with E-state index in [9.17, 15) is 14.7 Å². The second kappa shape index (κ2) is 10.8. The Kier molecular flexibility index (Phi) is 9.11. The second-order valence-electron chi connectivity index (χ2n) is 11.5. The van der Waals surface area contributed by atoms with Gasteiger partial charge in [0.15, 0.2) is 14.1 Å². The molecule has 0 aromatic heterocycles. The summed E-state index contributed by atoms with van der Waals surface area (Å²) in [5.74, 6) is 1.04. The molecular formula is C26H44O5Si. The van der Waals surface area contributed by atoms with Gasteiger partial charge in [-0.2, -0.15) is 0 Å². The molecule has 7 atom stereocenters. The first kappa shape index (κ1) is 27.0. The molecule has 1 N–H and O–H groups in total. The van der Waals surface area contributed by atoms with E-state index in [1.54, 1.807) is 6.08 Å². The summed E-state index contributed by atoms with van der Waals surface area (Å²) in [6.07, 6.45) is 9.46. The third-order valence-electron chi connectivity index (χ3n) is 7.79. The maximum absolute atomic E-state index is 12.9. The highest BCUT2D eigenvalue weighted by Crippen LogP contribution is 2.45. The Balaban J connectivity index is 2.12. The van der Waals surface area contributed by atoms with E-state index in [0.717, 1.165) is 12.8 Å². The third kappa shape index (κ3) is 6.88. The molecule has 0 aromatic rings. The van der Waals surface area contributed by atoms with E-state index in [1.807, 2.05) is 6.08 Å². The molecule has 0 spiro atoms. The zero-order chi connectivity index (χ0) is 24.3. The quantitative estimate of drug-likeness (QED) is 0.228. The van der Waals surface area contributed by atoms with Gasteiger partial charge in [-0.15, -0.1) is 0 Å². The SMILES string of the molecule is COC(=O)C[C@@H](CC(=O)/C=C/[C@@H]1[C@H]2[C@@H](O)C[C@@H](C)C[C@@H]2C=C[C@@H]1C)O[Si](C)(C)C(C)(C)C. The highest BCUT2D eigenvalue weighted by Gasteiger charge is 2.42. The van der Waals surface area contributed by atoms with Crippen molar-refractivity contribution in [3.63, 3.8) is 0 Å². The maximum Gasteiger partial charge on any atom is 0.308 e. The predicted octanol–water partition coefficient (Wildman–Crippen LogP) is 5.30. The number of hydrogen-bond acceptors (Lipinski definition) is 5. The molecule has 0 aliphatic heterocycles. The molecule has 2 aliphatic carbocycles. The van der Waals surface area contributed by atoms with Crippen molar-refractivity contribution >= 4 is 20.1 Å². The first-order valence-electron chi connectivity index (χ1n) is 12.1. The summed E-state index contributed by atoms with van der Waals surface area (Å²) in [5.41, 5.74) is 0. The highest BCUT2D eigenvalue weighted by atomic mass is 28.4. The average Bonchev–Trinajstić information content (AvgIpc) is 2.65. The minimum absolute atomic E-state index is 0.0204. The van der Waals surface area contributed by atoms with E-state index in [0.29, 0.717) is 11.8 Å². The van der Waals surface area contributed by atoms with Crippen LogP contribution in [0.25, 0.3) is 0 Å². The predicted molar refractivity (Wildman–Crippen MR) is 131 cm³/mol. The van der Waals surface area contributed by atoms with Gasteiger partial charge in [0.1, 0.15) is 0 Å². The van der Waals surface area contributed by atoms with Gasteiger partial charge in [-0.05, 0) is 66.6 Å². The topological polar surface area (TPSA) is 72.8 Å². The number of aliphatic hydroxyl groups excluding tert-OH is 1. The molecule has 0 radical (unpaired) electrons. The first-order valence-corrected chi connectivity index (χ1v) is 15.0. The Hall–Kier alpha value is -1.24. The molecule has 0 amide bonds. The number of methoxy groups -OCH3 is 1. The van der Waals surface area contributed by atoms with Crippen molar-refractivity contribution in [1.29, 1.82) is 0 Å². The van der Waals surface area contributed by atoms with Gasteiger partial charge in [0, 0.05) is 6.42 Å². The van der Waals surface area contributed by atoms with Crippen LogP contribution in [0.1, 0.15) is 60.3 Å². The summed E-state index contributed by atoms with van der Waals surface area (Å²) >= 11 is 0. The molecule has 6 heteroatoms. The van der Waals surface area contributed by atoms with Gasteiger partial charge in [-0.3, -0.25) is 9.59 Å². The number of allylic oxidation sites excluding steroid dienone is 4. The third-order valence-corrected chi connectivity index (χ3v) is 12.3. The van der Waals surface area contributed by atoms with E-state index in [2.05, 4.69) is 59.9 Å². The smallest absolute Gasteiger partial charge is 0.308 e. The van der Waals surface area contributed by atoms with Gasteiger partial charge in [-0.1, -0.05) is 52.8 Å². The lowest BCUT2D eigenvalue weighted by molar-refractivity contribution is -0.142. The van der Waals surface area contributed by atoms with Crippen LogP contribution in [-0.2, 0) is 18.8 Å².